The maximum atomic E-state index is 13.6. The molecule has 0 radical (unpaired) electrons. The second kappa shape index (κ2) is 8.58. The Bertz CT molecular complexity index is 588. The standard InChI is InChI=1S/C16H22F2N2O4/c1-16(2,3)24-15(22)20(8-9-23-4)10-13(21)19-12-7-5-6-11(17)14(12)18/h5-7H,8-10H2,1-4H3,(H,19,21). The molecule has 1 N–H and O–H groups in total. The molecule has 0 heterocycles. The van der Waals surface area contributed by atoms with Crippen molar-refractivity contribution in [2.24, 2.45) is 0 Å². The van der Waals surface area contributed by atoms with E-state index in [4.69, 9.17) is 9.47 Å². The molecule has 0 saturated heterocycles. The Morgan fingerprint density at radius 2 is 1.92 bits per heavy atom. The van der Waals surface area contributed by atoms with E-state index in [1.807, 2.05) is 0 Å². The second-order valence-electron chi connectivity index (χ2n) is 6.04. The summed E-state index contributed by atoms with van der Waals surface area (Å²) < 4.78 is 36.8. The first-order valence-corrected chi connectivity index (χ1v) is 7.35. The van der Waals surface area contributed by atoms with Crippen LogP contribution in [0.1, 0.15) is 20.8 Å². The number of halogens is 2. The predicted molar refractivity (Wildman–Crippen MR) is 84.7 cm³/mol. The molecule has 1 rings (SSSR count). The first-order valence-electron chi connectivity index (χ1n) is 7.35. The molecule has 0 fully saturated rings. The molecule has 0 aliphatic rings. The number of carbonyl (C=O) groups excluding carboxylic acids is 2. The van der Waals surface area contributed by atoms with Gasteiger partial charge in [-0.2, -0.15) is 0 Å². The minimum absolute atomic E-state index is 0.116. The van der Waals surface area contributed by atoms with E-state index in [9.17, 15) is 18.4 Å². The van der Waals surface area contributed by atoms with Crippen LogP contribution in [0.3, 0.4) is 0 Å². The predicted octanol–water partition coefficient (Wildman–Crippen LogP) is 2.79. The van der Waals surface area contributed by atoms with Crippen LogP contribution in [-0.4, -0.2) is 49.3 Å². The minimum atomic E-state index is -1.16. The number of rotatable bonds is 6. The third-order valence-corrected chi connectivity index (χ3v) is 2.78. The Balaban J connectivity index is 2.76. The number of ether oxygens (including phenoxy) is 2. The molecular weight excluding hydrogens is 322 g/mol. The Morgan fingerprint density at radius 3 is 2.50 bits per heavy atom. The number of amides is 2. The number of carbonyl (C=O) groups is 2. The first kappa shape index (κ1) is 19.8. The van der Waals surface area contributed by atoms with Gasteiger partial charge >= 0.3 is 6.09 Å². The lowest BCUT2D eigenvalue weighted by Crippen LogP contribution is -2.43. The van der Waals surface area contributed by atoms with E-state index in [2.05, 4.69) is 5.32 Å². The molecule has 2 amide bonds. The molecule has 0 aliphatic carbocycles. The lowest BCUT2D eigenvalue weighted by atomic mass is 10.2. The fourth-order valence-electron chi connectivity index (χ4n) is 1.73. The average molecular weight is 344 g/mol. The SMILES string of the molecule is COCCN(CC(=O)Nc1cccc(F)c1F)C(=O)OC(C)(C)C. The quantitative estimate of drug-likeness (QED) is 0.862. The summed E-state index contributed by atoms with van der Waals surface area (Å²) in [6.45, 7) is 5.02. The molecule has 0 spiro atoms. The van der Waals surface area contributed by atoms with Gasteiger partial charge in [0.1, 0.15) is 12.1 Å². The maximum Gasteiger partial charge on any atom is 0.410 e. The fourth-order valence-corrected chi connectivity index (χ4v) is 1.73. The summed E-state index contributed by atoms with van der Waals surface area (Å²) in [5, 5.41) is 2.23. The summed E-state index contributed by atoms with van der Waals surface area (Å²) in [7, 11) is 1.45. The molecule has 0 saturated carbocycles. The van der Waals surface area contributed by atoms with Crippen molar-refractivity contribution in [1.29, 1.82) is 0 Å². The molecule has 1 aromatic rings. The van der Waals surface area contributed by atoms with Crippen LogP contribution in [-0.2, 0) is 14.3 Å². The van der Waals surface area contributed by atoms with Gasteiger partial charge in [0, 0.05) is 13.7 Å². The van der Waals surface area contributed by atoms with Crippen LogP contribution in [0.4, 0.5) is 19.3 Å². The Kier molecular flexibility index (Phi) is 7.09. The number of benzene rings is 1. The molecular formula is C16H22F2N2O4. The average Bonchev–Trinajstić information content (AvgIpc) is 2.46. The van der Waals surface area contributed by atoms with E-state index in [1.165, 1.54) is 19.2 Å². The second-order valence-corrected chi connectivity index (χ2v) is 6.04. The number of nitrogens with one attached hydrogen (secondary N) is 1. The zero-order valence-corrected chi connectivity index (χ0v) is 14.2. The highest BCUT2D eigenvalue weighted by atomic mass is 19.2. The zero-order chi connectivity index (χ0) is 18.3. The molecule has 6 nitrogen and oxygen atoms in total. The van der Waals surface area contributed by atoms with E-state index in [-0.39, 0.29) is 25.4 Å². The lowest BCUT2D eigenvalue weighted by Gasteiger charge is -2.26. The maximum absolute atomic E-state index is 13.6. The van der Waals surface area contributed by atoms with Crippen LogP contribution in [0, 0.1) is 11.6 Å². The van der Waals surface area contributed by atoms with Gasteiger partial charge in [0.2, 0.25) is 5.91 Å². The Labute approximate surface area is 139 Å². The van der Waals surface area contributed by atoms with Gasteiger partial charge < -0.3 is 14.8 Å². The van der Waals surface area contributed by atoms with Crippen LogP contribution in [0.2, 0.25) is 0 Å². The summed E-state index contributed by atoms with van der Waals surface area (Å²) in [4.78, 5) is 25.3. The van der Waals surface area contributed by atoms with Gasteiger partial charge in [-0.3, -0.25) is 9.69 Å². The van der Waals surface area contributed by atoms with E-state index < -0.39 is 29.2 Å². The minimum Gasteiger partial charge on any atom is -0.444 e. The van der Waals surface area contributed by atoms with Crippen molar-refractivity contribution in [1.82, 2.24) is 4.90 Å². The third kappa shape index (κ3) is 6.49. The van der Waals surface area contributed by atoms with Crippen molar-refractivity contribution >= 4 is 17.7 Å². The Hall–Kier alpha value is -2.22. The van der Waals surface area contributed by atoms with Crippen molar-refractivity contribution < 1.29 is 27.8 Å². The number of hydrogen-bond donors (Lipinski definition) is 1. The molecule has 1 aromatic carbocycles. The summed E-state index contributed by atoms with van der Waals surface area (Å²) >= 11 is 0. The molecule has 0 bridgehead atoms. The normalized spacial score (nSPS) is 11.1. The van der Waals surface area contributed by atoms with Gasteiger partial charge in [-0.1, -0.05) is 6.07 Å². The number of hydrogen-bond acceptors (Lipinski definition) is 4. The van der Waals surface area contributed by atoms with Crippen molar-refractivity contribution in [3.8, 4) is 0 Å². The van der Waals surface area contributed by atoms with Gasteiger partial charge in [0.05, 0.1) is 12.3 Å². The summed E-state index contributed by atoms with van der Waals surface area (Å²) in [6, 6.07) is 3.43. The topological polar surface area (TPSA) is 67.9 Å². The highest BCUT2D eigenvalue weighted by Crippen LogP contribution is 2.16. The molecule has 0 unspecified atom stereocenters. The lowest BCUT2D eigenvalue weighted by molar-refractivity contribution is -0.117. The first-order chi connectivity index (χ1) is 11.1. The van der Waals surface area contributed by atoms with Gasteiger partial charge in [-0.15, -0.1) is 0 Å². The van der Waals surface area contributed by atoms with E-state index in [0.29, 0.717) is 0 Å². The molecule has 0 aromatic heterocycles. The van der Waals surface area contributed by atoms with Crippen molar-refractivity contribution in [2.45, 2.75) is 26.4 Å². The zero-order valence-electron chi connectivity index (χ0n) is 14.2. The van der Waals surface area contributed by atoms with Gasteiger partial charge in [0.15, 0.2) is 11.6 Å². The van der Waals surface area contributed by atoms with Crippen molar-refractivity contribution in [2.75, 3.05) is 32.1 Å². The monoisotopic (exact) mass is 344 g/mol. The largest absolute Gasteiger partial charge is 0.444 e. The molecule has 134 valence electrons. The van der Waals surface area contributed by atoms with E-state index in [1.54, 1.807) is 20.8 Å². The summed E-state index contributed by atoms with van der Waals surface area (Å²) in [6.07, 6.45) is -0.700. The summed E-state index contributed by atoms with van der Waals surface area (Å²) in [5.74, 6) is -2.91. The highest BCUT2D eigenvalue weighted by molar-refractivity contribution is 5.94. The van der Waals surface area contributed by atoms with Crippen molar-refractivity contribution in [3.63, 3.8) is 0 Å². The van der Waals surface area contributed by atoms with E-state index in [0.717, 1.165) is 11.0 Å². The van der Waals surface area contributed by atoms with Crippen LogP contribution in [0.25, 0.3) is 0 Å². The highest BCUT2D eigenvalue weighted by Gasteiger charge is 2.24. The van der Waals surface area contributed by atoms with Crippen LogP contribution >= 0.6 is 0 Å². The third-order valence-electron chi connectivity index (χ3n) is 2.78. The number of anilines is 1. The van der Waals surface area contributed by atoms with Crippen LogP contribution < -0.4 is 5.32 Å². The van der Waals surface area contributed by atoms with Gasteiger partial charge in [0.25, 0.3) is 0 Å². The van der Waals surface area contributed by atoms with Gasteiger partial charge in [-0.05, 0) is 32.9 Å². The molecule has 0 aliphatic heterocycles. The Morgan fingerprint density at radius 1 is 1.25 bits per heavy atom. The summed E-state index contributed by atoms with van der Waals surface area (Å²) in [5.41, 5.74) is -1.02. The van der Waals surface area contributed by atoms with E-state index >= 15 is 0 Å². The number of nitrogens with zero attached hydrogens (tertiary/aromatic N) is 1. The molecule has 8 heteroatoms. The molecule has 24 heavy (non-hydrogen) atoms. The number of methoxy groups -OCH3 is 1. The molecule has 0 atom stereocenters. The van der Waals surface area contributed by atoms with Crippen LogP contribution in [0.5, 0.6) is 0 Å². The van der Waals surface area contributed by atoms with Crippen molar-refractivity contribution in [3.05, 3.63) is 29.8 Å². The van der Waals surface area contributed by atoms with Crippen LogP contribution in [0.15, 0.2) is 18.2 Å². The smallest absolute Gasteiger partial charge is 0.410 e. The van der Waals surface area contributed by atoms with Gasteiger partial charge in [-0.25, -0.2) is 13.6 Å². The fraction of sp³-hybridized carbons (Fsp3) is 0.500.